The predicted molar refractivity (Wildman–Crippen MR) is 106 cm³/mol. The van der Waals surface area contributed by atoms with Gasteiger partial charge in [0.25, 0.3) is 0 Å². The molecule has 3 aromatic carbocycles. The first-order valence-electron chi connectivity index (χ1n) is 10.2. The Hall–Kier alpha value is -3.18. The summed E-state index contributed by atoms with van der Waals surface area (Å²) >= 11 is 0. The van der Waals surface area contributed by atoms with Gasteiger partial charge in [0, 0.05) is 23.1 Å². The van der Waals surface area contributed by atoms with Gasteiger partial charge in [-0.2, -0.15) is 8.78 Å². The summed E-state index contributed by atoms with van der Waals surface area (Å²) in [5.41, 5.74) is -2.72. The van der Waals surface area contributed by atoms with Crippen molar-refractivity contribution in [3.05, 3.63) is 88.5 Å². The van der Waals surface area contributed by atoms with E-state index in [0.29, 0.717) is 24.3 Å². The molecule has 0 spiro atoms. The first-order chi connectivity index (χ1) is 16.5. The van der Waals surface area contributed by atoms with Crippen molar-refractivity contribution < 1.29 is 49.3 Å². The molecule has 0 amide bonds. The number of rotatable bonds is 5. The molecule has 0 saturated carbocycles. The first kappa shape index (κ1) is 24.9. The molecule has 0 aromatic heterocycles. The van der Waals surface area contributed by atoms with Crippen LogP contribution < -0.4 is 4.74 Å². The summed E-state index contributed by atoms with van der Waals surface area (Å²) in [6.45, 7) is 2.21. The van der Waals surface area contributed by atoms with Gasteiger partial charge >= 0.3 is 6.11 Å². The maximum Gasteiger partial charge on any atom is 0.429 e. The maximum absolute atomic E-state index is 14.7. The summed E-state index contributed by atoms with van der Waals surface area (Å²) in [5, 5.41) is 0. The Balaban J connectivity index is 1.58. The molecule has 1 heterocycles. The fourth-order valence-corrected chi connectivity index (χ4v) is 3.46. The number of benzene rings is 3. The monoisotopic (exact) mass is 504 g/mol. The Labute approximate surface area is 193 Å². The SMILES string of the molecule is CC1COC(c2ccc(C(F)(F)Oc3ccc(-c4cc(F)c(F)c(F)c4)c(F)c3)c(F)c2F)OC1. The Morgan fingerprint density at radius 2 is 1.40 bits per heavy atom. The molecule has 35 heavy (non-hydrogen) atoms. The Morgan fingerprint density at radius 1 is 0.771 bits per heavy atom. The van der Waals surface area contributed by atoms with Crippen LogP contribution in [0.5, 0.6) is 5.75 Å². The summed E-state index contributed by atoms with van der Waals surface area (Å²) in [6, 6.07) is 4.62. The van der Waals surface area contributed by atoms with Gasteiger partial charge in [-0.1, -0.05) is 13.0 Å². The van der Waals surface area contributed by atoms with Gasteiger partial charge in [-0.3, -0.25) is 0 Å². The number of halogens is 8. The Kier molecular flexibility index (Phi) is 6.74. The molecule has 11 heteroatoms. The first-order valence-corrected chi connectivity index (χ1v) is 10.2. The second kappa shape index (κ2) is 9.46. The van der Waals surface area contributed by atoms with Crippen LogP contribution in [0, 0.1) is 40.8 Å². The Bertz CT molecular complexity index is 1230. The highest BCUT2D eigenvalue weighted by atomic mass is 19.3. The maximum atomic E-state index is 14.7. The number of hydrogen-bond donors (Lipinski definition) is 0. The standard InChI is InChI=1S/C24H16F8O3/c1-11-9-33-23(34-10-11)15-4-5-16(21(29)20(15)28)24(31,32)35-13-2-3-14(17(25)8-13)12-6-18(26)22(30)19(27)7-12/h2-8,11,23H,9-10H2,1H3. The van der Waals surface area contributed by atoms with Crippen molar-refractivity contribution in [2.75, 3.05) is 13.2 Å². The smallest absolute Gasteiger partial charge is 0.429 e. The fraction of sp³-hybridized carbons (Fsp3) is 0.250. The van der Waals surface area contributed by atoms with Crippen LogP contribution in [0.15, 0.2) is 42.5 Å². The van der Waals surface area contributed by atoms with E-state index in [0.717, 1.165) is 18.2 Å². The van der Waals surface area contributed by atoms with E-state index in [1.165, 1.54) is 0 Å². The summed E-state index contributed by atoms with van der Waals surface area (Å²) in [6.07, 6.45) is -5.71. The number of ether oxygens (including phenoxy) is 3. The minimum atomic E-state index is -4.44. The largest absolute Gasteiger partial charge is 0.429 e. The topological polar surface area (TPSA) is 27.7 Å². The van der Waals surface area contributed by atoms with Gasteiger partial charge in [-0.15, -0.1) is 0 Å². The van der Waals surface area contributed by atoms with Crippen molar-refractivity contribution in [2.45, 2.75) is 19.3 Å². The van der Waals surface area contributed by atoms with E-state index >= 15 is 0 Å². The summed E-state index contributed by atoms with van der Waals surface area (Å²) < 4.78 is 128. The van der Waals surface area contributed by atoms with E-state index in [1.54, 1.807) is 6.92 Å². The minimum absolute atomic E-state index is 0.0176. The van der Waals surface area contributed by atoms with Gasteiger partial charge < -0.3 is 14.2 Å². The second-order valence-electron chi connectivity index (χ2n) is 7.95. The highest BCUT2D eigenvalue weighted by Crippen LogP contribution is 2.38. The third-order valence-corrected chi connectivity index (χ3v) is 5.23. The van der Waals surface area contributed by atoms with Gasteiger partial charge in [0.2, 0.25) is 0 Å². The highest BCUT2D eigenvalue weighted by molar-refractivity contribution is 5.65. The molecule has 1 saturated heterocycles. The number of alkyl halides is 2. The summed E-state index contributed by atoms with van der Waals surface area (Å²) in [7, 11) is 0. The van der Waals surface area contributed by atoms with Crippen molar-refractivity contribution in [1.82, 2.24) is 0 Å². The summed E-state index contributed by atoms with van der Waals surface area (Å²) in [5.74, 6) is -10.5. The van der Waals surface area contributed by atoms with Crippen LogP contribution in [0.3, 0.4) is 0 Å². The zero-order valence-corrected chi connectivity index (χ0v) is 17.9. The van der Waals surface area contributed by atoms with Crippen LogP contribution in [0.1, 0.15) is 24.3 Å². The average Bonchev–Trinajstić information content (AvgIpc) is 2.79. The molecule has 0 atom stereocenters. The fourth-order valence-electron chi connectivity index (χ4n) is 3.46. The third kappa shape index (κ3) is 4.96. The zero-order chi connectivity index (χ0) is 25.5. The molecule has 186 valence electrons. The molecule has 1 aliphatic heterocycles. The van der Waals surface area contributed by atoms with E-state index in [1.807, 2.05) is 0 Å². The molecule has 1 fully saturated rings. The third-order valence-electron chi connectivity index (χ3n) is 5.23. The van der Waals surface area contributed by atoms with Crippen molar-refractivity contribution in [3.63, 3.8) is 0 Å². The van der Waals surface area contributed by atoms with Gasteiger partial charge in [-0.05, 0) is 35.9 Å². The lowest BCUT2D eigenvalue weighted by Gasteiger charge is -2.28. The molecule has 0 radical (unpaired) electrons. The molecule has 1 aliphatic rings. The van der Waals surface area contributed by atoms with Gasteiger partial charge in [0.1, 0.15) is 17.1 Å². The normalized spacial score (nSPS) is 18.5. The molecule has 0 unspecified atom stereocenters. The van der Waals surface area contributed by atoms with Crippen molar-refractivity contribution in [3.8, 4) is 16.9 Å². The summed E-state index contributed by atoms with van der Waals surface area (Å²) in [4.78, 5) is 0. The van der Waals surface area contributed by atoms with Crippen LogP contribution in [0.2, 0.25) is 0 Å². The highest BCUT2D eigenvalue weighted by Gasteiger charge is 2.40. The molecular formula is C24H16F8O3. The van der Waals surface area contributed by atoms with Gasteiger partial charge in [0.05, 0.1) is 13.2 Å². The van der Waals surface area contributed by atoms with Crippen LogP contribution in [-0.4, -0.2) is 13.2 Å². The molecule has 0 bridgehead atoms. The van der Waals surface area contributed by atoms with Crippen LogP contribution in [0.4, 0.5) is 35.1 Å². The quantitative estimate of drug-likeness (QED) is 0.277. The Morgan fingerprint density at radius 3 is 2.00 bits per heavy atom. The van der Waals surface area contributed by atoms with Gasteiger partial charge in [0.15, 0.2) is 35.4 Å². The van der Waals surface area contributed by atoms with E-state index in [4.69, 9.17) is 9.47 Å². The van der Waals surface area contributed by atoms with Crippen molar-refractivity contribution in [2.24, 2.45) is 5.92 Å². The molecule has 3 nitrogen and oxygen atoms in total. The lowest BCUT2D eigenvalue weighted by molar-refractivity contribution is -0.204. The van der Waals surface area contributed by atoms with Crippen LogP contribution >= 0.6 is 0 Å². The van der Waals surface area contributed by atoms with E-state index < -0.39 is 75.3 Å². The number of hydrogen-bond acceptors (Lipinski definition) is 3. The van der Waals surface area contributed by atoms with Crippen LogP contribution in [-0.2, 0) is 15.6 Å². The van der Waals surface area contributed by atoms with Gasteiger partial charge in [-0.25, -0.2) is 26.3 Å². The average molecular weight is 504 g/mol. The lowest BCUT2D eigenvalue weighted by Crippen LogP contribution is -2.27. The van der Waals surface area contributed by atoms with E-state index in [-0.39, 0.29) is 19.1 Å². The van der Waals surface area contributed by atoms with E-state index in [9.17, 15) is 35.1 Å². The minimum Gasteiger partial charge on any atom is -0.429 e. The zero-order valence-electron chi connectivity index (χ0n) is 17.9. The molecular weight excluding hydrogens is 488 g/mol. The predicted octanol–water partition coefficient (Wildman–Crippen LogP) is 7.00. The van der Waals surface area contributed by atoms with Crippen LogP contribution in [0.25, 0.3) is 11.1 Å². The van der Waals surface area contributed by atoms with Crippen molar-refractivity contribution >= 4 is 0 Å². The van der Waals surface area contributed by atoms with E-state index in [2.05, 4.69) is 4.74 Å². The molecule has 0 N–H and O–H groups in total. The molecule has 3 aromatic rings. The lowest BCUT2D eigenvalue weighted by atomic mass is 10.0. The van der Waals surface area contributed by atoms with Crippen molar-refractivity contribution in [1.29, 1.82) is 0 Å². The molecule has 0 aliphatic carbocycles. The molecule has 4 rings (SSSR count). The second-order valence-corrected chi connectivity index (χ2v) is 7.95.